The van der Waals surface area contributed by atoms with Gasteiger partial charge < -0.3 is 0 Å². The van der Waals surface area contributed by atoms with E-state index in [-0.39, 0.29) is 11.4 Å². The maximum Gasteiger partial charge on any atom is 0.278 e. The van der Waals surface area contributed by atoms with Crippen molar-refractivity contribution in [2.75, 3.05) is 0 Å². The molecule has 1 heterocycles. The molecule has 0 spiro atoms. The molecule has 4 aromatic rings. The average Bonchev–Trinajstić information content (AvgIpc) is 3.27. The van der Waals surface area contributed by atoms with Gasteiger partial charge in [0.15, 0.2) is 0 Å². The second-order valence-electron chi connectivity index (χ2n) is 7.10. The summed E-state index contributed by atoms with van der Waals surface area (Å²) in [4.78, 5) is 31.3. The number of aliphatic imine (C=N–C) groups is 1. The number of aromatic nitrogens is 1. The summed E-state index contributed by atoms with van der Waals surface area (Å²) in [5.41, 5.74) is 3.91. The Morgan fingerprint density at radius 1 is 0.909 bits per heavy atom. The first-order chi connectivity index (χ1) is 16.0. The number of benzene rings is 3. The smallest absolute Gasteiger partial charge is 0.258 e. The van der Waals surface area contributed by atoms with E-state index >= 15 is 0 Å². The number of rotatable bonds is 7. The highest BCUT2D eigenvalue weighted by atomic mass is 32.1. The third kappa shape index (κ3) is 4.83. The number of hydrogen-bond donors (Lipinski definition) is 0. The maximum absolute atomic E-state index is 11.3. The van der Waals surface area contributed by atoms with Gasteiger partial charge in [-0.25, -0.2) is 9.98 Å². The molecular weight excluding hydrogens is 440 g/mol. The highest BCUT2D eigenvalue weighted by Crippen LogP contribution is 2.40. The number of nitro groups is 2. The summed E-state index contributed by atoms with van der Waals surface area (Å²) in [6.07, 6.45) is 2.35. The van der Waals surface area contributed by atoms with Crippen molar-refractivity contribution in [1.82, 2.24) is 4.98 Å². The van der Waals surface area contributed by atoms with E-state index in [4.69, 9.17) is 0 Å². The van der Waals surface area contributed by atoms with Crippen LogP contribution in [-0.4, -0.2) is 21.0 Å². The Hall–Kier alpha value is -4.24. The van der Waals surface area contributed by atoms with E-state index in [2.05, 4.69) is 16.9 Å². The van der Waals surface area contributed by atoms with Gasteiger partial charge in [-0.3, -0.25) is 20.2 Å². The second-order valence-corrected chi connectivity index (χ2v) is 8.08. The summed E-state index contributed by atoms with van der Waals surface area (Å²) in [5, 5.41) is 22.7. The first-order valence-electron chi connectivity index (χ1n) is 10.1. The van der Waals surface area contributed by atoms with Crippen LogP contribution >= 0.6 is 11.3 Å². The lowest BCUT2D eigenvalue weighted by Crippen LogP contribution is -1.93. The monoisotopic (exact) mass is 458 g/mol. The van der Waals surface area contributed by atoms with E-state index < -0.39 is 9.85 Å². The molecule has 0 radical (unpaired) electrons. The maximum atomic E-state index is 11.3. The lowest BCUT2D eigenvalue weighted by atomic mass is 10.0. The van der Waals surface area contributed by atoms with Gasteiger partial charge in [0.2, 0.25) is 5.13 Å². The molecule has 33 heavy (non-hydrogen) atoms. The third-order valence-corrected chi connectivity index (χ3v) is 6.05. The number of nitrogens with zero attached hydrogens (tertiary/aromatic N) is 4. The van der Waals surface area contributed by atoms with Gasteiger partial charge in [-0.15, -0.1) is 0 Å². The zero-order valence-electron chi connectivity index (χ0n) is 17.5. The molecule has 0 aliphatic rings. The molecule has 0 unspecified atom stereocenters. The summed E-state index contributed by atoms with van der Waals surface area (Å²) in [6, 6.07) is 20.7. The van der Waals surface area contributed by atoms with Gasteiger partial charge in [0.1, 0.15) is 0 Å². The first kappa shape index (κ1) is 22.0. The number of hydrogen-bond acceptors (Lipinski definition) is 7. The van der Waals surface area contributed by atoms with E-state index in [1.807, 2.05) is 24.3 Å². The molecule has 0 N–H and O–H groups in total. The van der Waals surface area contributed by atoms with E-state index in [1.54, 1.807) is 30.3 Å². The summed E-state index contributed by atoms with van der Waals surface area (Å²) in [5.74, 6) is 0. The SMILES string of the molecule is CCc1ccc(-c2nc(N=Cc3ccccc3[N+](=O)[O-])sc2-c2ccc([N+](=O)[O-])cc2)cc1. The molecule has 1 aromatic heterocycles. The lowest BCUT2D eigenvalue weighted by molar-refractivity contribution is -0.385. The minimum Gasteiger partial charge on any atom is -0.258 e. The number of nitro benzene ring substituents is 2. The molecule has 0 saturated heterocycles. The Labute approximate surface area is 193 Å². The van der Waals surface area contributed by atoms with Crippen LogP contribution in [0.2, 0.25) is 0 Å². The number of thiazole rings is 1. The molecule has 0 saturated carbocycles. The molecule has 164 valence electrons. The van der Waals surface area contributed by atoms with Gasteiger partial charge in [0.05, 0.1) is 26.0 Å². The highest BCUT2D eigenvalue weighted by molar-refractivity contribution is 7.19. The van der Waals surface area contributed by atoms with Crippen LogP contribution in [0.25, 0.3) is 21.7 Å². The van der Waals surface area contributed by atoms with Crippen molar-refractivity contribution in [2.24, 2.45) is 4.99 Å². The zero-order valence-corrected chi connectivity index (χ0v) is 18.4. The summed E-state index contributed by atoms with van der Waals surface area (Å²) >= 11 is 1.32. The molecular formula is C24H18N4O4S. The highest BCUT2D eigenvalue weighted by Gasteiger charge is 2.17. The molecule has 0 aliphatic carbocycles. The molecule has 0 aliphatic heterocycles. The topological polar surface area (TPSA) is 112 Å². The Bertz CT molecular complexity index is 1350. The van der Waals surface area contributed by atoms with E-state index in [0.717, 1.165) is 22.4 Å². The number of aryl methyl sites for hydroxylation is 1. The number of non-ortho nitro benzene ring substituents is 1. The van der Waals surface area contributed by atoms with Crippen molar-refractivity contribution in [1.29, 1.82) is 0 Å². The van der Waals surface area contributed by atoms with Crippen molar-refractivity contribution in [2.45, 2.75) is 13.3 Å². The molecule has 0 fully saturated rings. The van der Waals surface area contributed by atoms with Crippen LogP contribution in [0.3, 0.4) is 0 Å². The van der Waals surface area contributed by atoms with Crippen LogP contribution in [0.5, 0.6) is 0 Å². The minimum absolute atomic E-state index is 0.00625. The van der Waals surface area contributed by atoms with Gasteiger partial charge in [0, 0.05) is 30.0 Å². The fraction of sp³-hybridized carbons (Fsp3) is 0.0833. The van der Waals surface area contributed by atoms with Gasteiger partial charge in [0.25, 0.3) is 11.4 Å². The lowest BCUT2D eigenvalue weighted by Gasteiger charge is -2.04. The zero-order chi connectivity index (χ0) is 23.4. The molecule has 8 nitrogen and oxygen atoms in total. The third-order valence-electron chi connectivity index (χ3n) is 5.04. The molecule has 0 amide bonds. The van der Waals surface area contributed by atoms with Gasteiger partial charge in [-0.1, -0.05) is 54.7 Å². The van der Waals surface area contributed by atoms with Crippen LogP contribution in [0.1, 0.15) is 18.1 Å². The van der Waals surface area contributed by atoms with E-state index in [1.165, 1.54) is 41.3 Å². The largest absolute Gasteiger partial charge is 0.278 e. The van der Waals surface area contributed by atoms with E-state index in [9.17, 15) is 20.2 Å². The Kier molecular flexibility index (Phi) is 6.32. The molecule has 0 bridgehead atoms. The summed E-state index contributed by atoms with van der Waals surface area (Å²) < 4.78 is 0. The van der Waals surface area contributed by atoms with Crippen LogP contribution in [0.4, 0.5) is 16.5 Å². The van der Waals surface area contributed by atoms with Crippen molar-refractivity contribution in [3.63, 3.8) is 0 Å². The van der Waals surface area contributed by atoms with Gasteiger partial charge >= 0.3 is 0 Å². The van der Waals surface area contributed by atoms with Crippen LogP contribution in [0, 0.1) is 20.2 Å². The van der Waals surface area contributed by atoms with Crippen molar-refractivity contribution < 1.29 is 9.85 Å². The molecule has 3 aromatic carbocycles. The predicted octanol–water partition coefficient (Wildman–Crippen LogP) is 6.61. The molecule has 4 rings (SSSR count). The van der Waals surface area contributed by atoms with Gasteiger partial charge in [-0.05, 0) is 35.7 Å². The van der Waals surface area contributed by atoms with Crippen molar-refractivity contribution >= 4 is 34.1 Å². The Morgan fingerprint density at radius 2 is 1.58 bits per heavy atom. The minimum atomic E-state index is -0.452. The fourth-order valence-corrected chi connectivity index (χ4v) is 4.21. The van der Waals surface area contributed by atoms with Crippen LogP contribution < -0.4 is 0 Å². The van der Waals surface area contributed by atoms with Crippen LogP contribution in [0.15, 0.2) is 77.8 Å². The van der Waals surface area contributed by atoms with Crippen molar-refractivity contribution in [3.05, 3.63) is 104 Å². The Balaban J connectivity index is 1.78. The average molecular weight is 458 g/mol. The van der Waals surface area contributed by atoms with Gasteiger partial charge in [-0.2, -0.15) is 0 Å². The fourth-order valence-electron chi connectivity index (χ4n) is 3.28. The predicted molar refractivity (Wildman–Crippen MR) is 129 cm³/mol. The molecule has 0 atom stereocenters. The normalized spacial score (nSPS) is 11.1. The van der Waals surface area contributed by atoms with Crippen LogP contribution in [-0.2, 0) is 6.42 Å². The Morgan fingerprint density at radius 3 is 2.21 bits per heavy atom. The first-order valence-corrected chi connectivity index (χ1v) is 10.9. The summed E-state index contributed by atoms with van der Waals surface area (Å²) in [7, 11) is 0. The second kappa shape index (κ2) is 9.49. The van der Waals surface area contributed by atoms with Crippen molar-refractivity contribution in [3.8, 4) is 21.7 Å². The molecule has 9 heteroatoms. The standard InChI is InChI=1S/C24H18N4O4S/c1-2-16-7-9-17(10-8-16)22-23(18-11-13-20(14-12-18)27(29)30)33-24(26-22)25-15-19-5-3-4-6-21(19)28(31)32/h3-15H,2H2,1H3. The van der Waals surface area contributed by atoms with E-state index in [0.29, 0.717) is 16.4 Å². The quantitative estimate of drug-likeness (QED) is 0.176. The summed E-state index contributed by atoms with van der Waals surface area (Å²) in [6.45, 7) is 2.08. The number of para-hydroxylation sites is 1.